The van der Waals surface area contributed by atoms with Gasteiger partial charge in [0, 0.05) is 12.5 Å². The predicted octanol–water partition coefficient (Wildman–Crippen LogP) is 1.41. The van der Waals surface area contributed by atoms with E-state index in [4.69, 9.17) is 4.84 Å². The van der Waals surface area contributed by atoms with Gasteiger partial charge in [0.2, 0.25) is 5.91 Å². The van der Waals surface area contributed by atoms with Crippen LogP contribution in [0, 0.1) is 0 Å². The molecule has 1 aliphatic heterocycles. The molecular weight excluding hydrogens is 204 g/mol. The minimum atomic E-state index is 0.210. The van der Waals surface area contributed by atoms with Gasteiger partial charge in [-0.15, -0.1) is 0 Å². The van der Waals surface area contributed by atoms with E-state index >= 15 is 0 Å². The lowest BCUT2D eigenvalue weighted by Gasteiger charge is -2.31. The average Bonchev–Trinajstić information content (AvgIpc) is 2.41. The molecule has 0 aromatic heterocycles. The van der Waals surface area contributed by atoms with Gasteiger partial charge in [-0.25, -0.2) is 4.84 Å². The van der Waals surface area contributed by atoms with Gasteiger partial charge in [0.1, 0.15) is 12.6 Å². The highest BCUT2D eigenvalue weighted by molar-refractivity contribution is 5.78. The number of carbonyl (C=O) groups is 1. The molecule has 1 fully saturated rings. The number of hydroxylamine groups is 3. The first-order valence-electron chi connectivity index (χ1n) is 6.12. The normalized spacial score (nSPS) is 22.2. The Hall–Kier alpha value is -0.610. The van der Waals surface area contributed by atoms with Crippen molar-refractivity contribution in [3.05, 3.63) is 0 Å². The van der Waals surface area contributed by atoms with Crippen molar-refractivity contribution >= 4 is 5.91 Å². The Morgan fingerprint density at radius 3 is 2.56 bits per heavy atom. The van der Waals surface area contributed by atoms with E-state index in [1.54, 1.807) is 0 Å². The van der Waals surface area contributed by atoms with Gasteiger partial charge in [-0.1, -0.05) is 0 Å². The van der Waals surface area contributed by atoms with Crippen molar-refractivity contribution in [2.75, 3.05) is 27.2 Å². The van der Waals surface area contributed by atoms with Crippen LogP contribution in [0.15, 0.2) is 0 Å². The Labute approximate surface area is 98.7 Å². The van der Waals surface area contributed by atoms with Crippen LogP contribution < -0.4 is 0 Å². The third-order valence-corrected chi connectivity index (χ3v) is 3.00. The van der Waals surface area contributed by atoms with Crippen LogP contribution in [-0.2, 0) is 9.63 Å². The molecule has 16 heavy (non-hydrogen) atoms. The number of hydrogen-bond donors (Lipinski definition) is 0. The molecule has 1 unspecified atom stereocenters. The monoisotopic (exact) mass is 229 g/mol. The molecule has 0 saturated carbocycles. The SMILES string of the molecule is CC(C)O[N+](C)(C)CCN1C(=O)CCC1C. The summed E-state index contributed by atoms with van der Waals surface area (Å²) in [7, 11) is 4.07. The van der Waals surface area contributed by atoms with Crippen molar-refractivity contribution in [2.45, 2.75) is 45.8 Å². The van der Waals surface area contributed by atoms with Gasteiger partial charge >= 0.3 is 0 Å². The lowest BCUT2D eigenvalue weighted by atomic mass is 10.2. The van der Waals surface area contributed by atoms with Gasteiger partial charge in [0.15, 0.2) is 0 Å². The second-order valence-corrected chi connectivity index (χ2v) is 5.43. The molecule has 1 amide bonds. The number of nitrogens with zero attached hydrogens (tertiary/aromatic N) is 2. The number of likely N-dealkylation sites (tertiary alicyclic amines) is 1. The fraction of sp³-hybridized carbons (Fsp3) is 0.917. The standard InChI is InChI=1S/C12H25N2O2/c1-10(2)16-14(4,5)9-8-13-11(3)6-7-12(13)15/h10-11H,6-9H2,1-5H3/q+1. The molecule has 0 spiro atoms. The third-order valence-electron chi connectivity index (χ3n) is 3.00. The third kappa shape index (κ3) is 3.76. The molecular formula is C12H25N2O2+. The number of hydrogen-bond acceptors (Lipinski definition) is 2. The molecule has 94 valence electrons. The van der Waals surface area contributed by atoms with Crippen molar-refractivity contribution in [1.29, 1.82) is 0 Å². The van der Waals surface area contributed by atoms with Crippen LogP contribution in [0.1, 0.15) is 33.6 Å². The number of quaternary nitrogens is 1. The number of carbonyl (C=O) groups excluding carboxylic acids is 1. The lowest BCUT2D eigenvalue weighted by molar-refractivity contribution is -1.08. The van der Waals surface area contributed by atoms with Gasteiger partial charge in [-0.05, 0) is 27.2 Å². The van der Waals surface area contributed by atoms with Crippen LogP contribution in [0.2, 0.25) is 0 Å². The van der Waals surface area contributed by atoms with E-state index in [0.717, 1.165) is 19.5 Å². The summed E-state index contributed by atoms with van der Waals surface area (Å²) in [4.78, 5) is 19.3. The van der Waals surface area contributed by atoms with E-state index in [0.29, 0.717) is 17.1 Å². The van der Waals surface area contributed by atoms with Gasteiger partial charge in [-0.3, -0.25) is 4.79 Å². The highest BCUT2D eigenvalue weighted by atomic mass is 16.7. The molecule has 0 aromatic rings. The summed E-state index contributed by atoms with van der Waals surface area (Å²) in [5, 5.41) is 0. The maximum atomic E-state index is 11.6. The minimum absolute atomic E-state index is 0.210. The van der Waals surface area contributed by atoms with Crippen LogP contribution in [0.5, 0.6) is 0 Å². The summed E-state index contributed by atoms with van der Waals surface area (Å²) in [6, 6.07) is 0.395. The topological polar surface area (TPSA) is 29.5 Å². The van der Waals surface area contributed by atoms with E-state index in [1.807, 2.05) is 32.8 Å². The Kier molecular flexibility index (Phi) is 4.33. The lowest BCUT2D eigenvalue weighted by Crippen LogP contribution is -2.48. The number of likely N-dealkylation sites (N-methyl/N-ethyl adjacent to an activating group) is 1. The second kappa shape index (κ2) is 5.15. The first-order valence-corrected chi connectivity index (χ1v) is 6.12. The van der Waals surface area contributed by atoms with Crippen LogP contribution in [-0.4, -0.2) is 54.8 Å². The molecule has 4 nitrogen and oxygen atoms in total. The number of rotatable bonds is 5. The molecule has 1 saturated heterocycles. The first kappa shape index (κ1) is 13.5. The quantitative estimate of drug-likeness (QED) is 0.527. The zero-order chi connectivity index (χ0) is 12.3. The highest BCUT2D eigenvalue weighted by Crippen LogP contribution is 2.18. The van der Waals surface area contributed by atoms with Gasteiger partial charge in [0.05, 0.1) is 20.6 Å². The molecule has 0 bridgehead atoms. The minimum Gasteiger partial charge on any atom is -0.334 e. The van der Waals surface area contributed by atoms with Crippen LogP contribution >= 0.6 is 0 Å². The summed E-state index contributed by atoms with van der Waals surface area (Å²) >= 11 is 0. The van der Waals surface area contributed by atoms with E-state index in [9.17, 15) is 4.79 Å². The maximum absolute atomic E-state index is 11.6. The van der Waals surface area contributed by atoms with Gasteiger partial charge < -0.3 is 4.90 Å². The second-order valence-electron chi connectivity index (χ2n) is 5.43. The van der Waals surface area contributed by atoms with Crippen molar-refractivity contribution in [3.63, 3.8) is 0 Å². The van der Waals surface area contributed by atoms with Crippen LogP contribution in [0.3, 0.4) is 0 Å². The molecule has 0 radical (unpaired) electrons. The summed E-state index contributed by atoms with van der Waals surface area (Å²) < 4.78 is 0.508. The summed E-state index contributed by atoms with van der Waals surface area (Å²) in [5.74, 6) is 0.289. The zero-order valence-electron chi connectivity index (χ0n) is 11.2. The fourth-order valence-corrected chi connectivity index (χ4v) is 2.19. The average molecular weight is 229 g/mol. The summed E-state index contributed by atoms with van der Waals surface area (Å²) in [5.41, 5.74) is 0. The smallest absolute Gasteiger partial charge is 0.223 e. The van der Waals surface area contributed by atoms with E-state index in [1.165, 1.54) is 0 Å². The maximum Gasteiger partial charge on any atom is 0.223 e. The Morgan fingerprint density at radius 1 is 1.50 bits per heavy atom. The molecule has 1 heterocycles. The van der Waals surface area contributed by atoms with E-state index in [-0.39, 0.29) is 12.0 Å². The molecule has 1 aliphatic rings. The molecule has 0 N–H and O–H groups in total. The van der Waals surface area contributed by atoms with E-state index < -0.39 is 0 Å². The van der Waals surface area contributed by atoms with Crippen molar-refractivity contribution in [1.82, 2.24) is 4.90 Å². The first-order chi connectivity index (χ1) is 7.32. The van der Waals surface area contributed by atoms with Crippen molar-refractivity contribution < 1.29 is 14.3 Å². The molecule has 0 aliphatic carbocycles. The Morgan fingerprint density at radius 2 is 2.12 bits per heavy atom. The summed E-state index contributed by atoms with van der Waals surface area (Å²) in [6.45, 7) is 7.81. The molecule has 1 atom stereocenters. The van der Waals surface area contributed by atoms with Crippen molar-refractivity contribution in [2.24, 2.45) is 0 Å². The van der Waals surface area contributed by atoms with E-state index in [2.05, 4.69) is 6.92 Å². The summed E-state index contributed by atoms with van der Waals surface area (Å²) in [6.07, 6.45) is 1.92. The molecule has 4 heteroatoms. The van der Waals surface area contributed by atoms with Crippen LogP contribution in [0.4, 0.5) is 0 Å². The number of amides is 1. The van der Waals surface area contributed by atoms with Crippen molar-refractivity contribution in [3.8, 4) is 0 Å². The Bertz CT molecular complexity index is 251. The van der Waals surface area contributed by atoms with Gasteiger partial charge in [0.25, 0.3) is 0 Å². The fourth-order valence-electron chi connectivity index (χ4n) is 2.19. The van der Waals surface area contributed by atoms with Crippen LogP contribution in [0.25, 0.3) is 0 Å². The highest BCUT2D eigenvalue weighted by Gasteiger charge is 2.30. The largest absolute Gasteiger partial charge is 0.334 e. The Balaban J connectivity index is 2.41. The zero-order valence-corrected chi connectivity index (χ0v) is 11.2. The predicted molar refractivity (Wildman–Crippen MR) is 63.6 cm³/mol. The molecule has 0 aromatic carbocycles. The molecule has 1 rings (SSSR count). The van der Waals surface area contributed by atoms with Gasteiger partial charge in [-0.2, -0.15) is 4.65 Å².